The van der Waals surface area contributed by atoms with E-state index in [0.29, 0.717) is 31.6 Å². The highest BCUT2D eigenvalue weighted by molar-refractivity contribution is 7.47. The van der Waals surface area contributed by atoms with Crippen molar-refractivity contribution in [2.75, 3.05) is 39.6 Å². The molecule has 2 unspecified atom stereocenters. The lowest BCUT2D eigenvalue weighted by molar-refractivity contribution is -0.161. The van der Waals surface area contributed by atoms with E-state index in [1.165, 1.54) is 186 Å². The van der Waals surface area contributed by atoms with Crippen LogP contribution in [0.3, 0.4) is 0 Å². The third-order valence-corrected chi connectivity index (χ3v) is 18.6. The summed E-state index contributed by atoms with van der Waals surface area (Å²) in [5.74, 6) is -0.661. The van der Waals surface area contributed by atoms with E-state index in [-0.39, 0.29) is 25.7 Å². The number of esters is 4. The highest BCUT2D eigenvalue weighted by Crippen LogP contribution is 2.45. The van der Waals surface area contributed by atoms with Crippen LogP contribution in [0.4, 0.5) is 0 Å². The molecule has 0 aliphatic carbocycles. The van der Waals surface area contributed by atoms with Crippen LogP contribution < -0.4 is 0 Å². The number of hydrogen-bond acceptors (Lipinski definition) is 15. The number of ether oxygens (including phenoxy) is 4. The van der Waals surface area contributed by atoms with Gasteiger partial charge >= 0.3 is 39.5 Å². The summed E-state index contributed by atoms with van der Waals surface area (Å²) in [7, 11) is -9.90. The summed E-state index contributed by atoms with van der Waals surface area (Å²) in [6.45, 7) is 9.48. The van der Waals surface area contributed by atoms with Crippen molar-refractivity contribution in [1.82, 2.24) is 0 Å². The third kappa shape index (κ3) is 66.5. The summed E-state index contributed by atoms with van der Waals surface area (Å²) in [4.78, 5) is 72.5. The minimum absolute atomic E-state index is 0.102. The second kappa shape index (κ2) is 64.1. The molecule has 0 rings (SSSR count). The molecule has 0 radical (unpaired) electrons. The Morgan fingerprint density at radius 2 is 0.505 bits per heavy atom. The van der Waals surface area contributed by atoms with Crippen LogP contribution in [0, 0.1) is 11.8 Å². The van der Waals surface area contributed by atoms with Gasteiger partial charge in [0, 0.05) is 25.7 Å². The zero-order valence-corrected chi connectivity index (χ0v) is 60.9. The summed E-state index contributed by atoms with van der Waals surface area (Å²) in [6.07, 6.45) is 50.2. The third-order valence-electron chi connectivity index (χ3n) is 16.7. The fourth-order valence-corrected chi connectivity index (χ4v) is 12.5. The Bertz CT molecular complexity index is 1770. The van der Waals surface area contributed by atoms with Crippen LogP contribution in [0.5, 0.6) is 0 Å². The highest BCUT2D eigenvalue weighted by Gasteiger charge is 2.30. The molecule has 0 aromatic rings. The molecule has 0 aromatic heterocycles. The number of carbonyl (C=O) groups is 4. The van der Waals surface area contributed by atoms with E-state index in [9.17, 15) is 43.2 Å². The first kappa shape index (κ1) is 89.1. The average Bonchev–Trinajstić information content (AvgIpc) is 3.68. The predicted molar refractivity (Wildman–Crippen MR) is 368 cm³/mol. The average molecular weight is 1340 g/mol. The summed E-state index contributed by atoms with van der Waals surface area (Å²) in [5.41, 5.74) is 0. The Morgan fingerprint density at radius 3 is 0.747 bits per heavy atom. The topological polar surface area (TPSA) is 237 Å². The number of aliphatic hydroxyl groups excluding tert-OH is 1. The van der Waals surface area contributed by atoms with Crippen molar-refractivity contribution in [2.45, 2.75) is 387 Å². The van der Waals surface area contributed by atoms with E-state index in [0.717, 1.165) is 95.8 Å². The lowest BCUT2D eigenvalue weighted by Crippen LogP contribution is -2.30. The molecular formula is C72H140O17P2. The molecule has 0 amide bonds. The van der Waals surface area contributed by atoms with E-state index in [2.05, 4.69) is 41.5 Å². The van der Waals surface area contributed by atoms with Crippen LogP contribution in [0.25, 0.3) is 0 Å². The molecule has 0 saturated heterocycles. The Labute approximate surface area is 556 Å². The second-order valence-electron chi connectivity index (χ2n) is 26.9. The van der Waals surface area contributed by atoms with Gasteiger partial charge in [-0.15, -0.1) is 0 Å². The summed E-state index contributed by atoms with van der Waals surface area (Å²) in [5, 5.41) is 10.6. The minimum atomic E-state index is -4.95. The fourth-order valence-electron chi connectivity index (χ4n) is 10.9. The van der Waals surface area contributed by atoms with Crippen LogP contribution in [0.2, 0.25) is 0 Å². The molecular weight excluding hydrogens is 1200 g/mol. The van der Waals surface area contributed by atoms with Gasteiger partial charge in [0.15, 0.2) is 12.2 Å². The van der Waals surface area contributed by atoms with Crippen molar-refractivity contribution in [3.8, 4) is 0 Å². The maximum atomic E-state index is 13.0. The summed E-state index contributed by atoms with van der Waals surface area (Å²) >= 11 is 0. The predicted octanol–water partition coefficient (Wildman–Crippen LogP) is 20.8. The zero-order valence-electron chi connectivity index (χ0n) is 59.1. The first-order valence-electron chi connectivity index (χ1n) is 37.5. The van der Waals surface area contributed by atoms with E-state index in [1.54, 1.807) is 0 Å². The van der Waals surface area contributed by atoms with Crippen LogP contribution in [-0.2, 0) is 65.4 Å². The first-order chi connectivity index (χ1) is 43.9. The molecule has 0 aromatic carbocycles. The normalized spacial score (nSPS) is 14.1. The molecule has 91 heavy (non-hydrogen) atoms. The molecule has 3 N–H and O–H groups in total. The van der Waals surface area contributed by atoms with Gasteiger partial charge in [0.2, 0.25) is 0 Å². The molecule has 0 spiro atoms. The Kier molecular flexibility index (Phi) is 62.7. The quantitative estimate of drug-likeness (QED) is 0.0222. The van der Waals surface area contributed by atoms with Crippen LogP contribution in [0.15, 0.2) is 0 Å². The van der Waals surface area contributed by atoms with Gasteiger partial charge in [-0.05, 0) is 37.5 Å². The highest BCUT2D eigenvalue weighted by atomic mass is 31.2. The van der Waals surface area contributed by atoms with Crippen molar-refractivity contribution in [3.05, 3.63) is 0 Å². The fraction of sp³-hybridized carbons (Fsp3) is 0.944. The van der Waals surface area contributed by atoms with E-state index < -0.39 is 97.5 Å². The Morgan fingerprint density at radius 1 is 0.297 bits per heavy atom. The monoisotopic (exact) mass is 1340 g/mol. The largest absolute Gasteiger partial charge is 0.472 e. The van der Waals surface area contributed by atoms with Gasteiger partial charge in [0.25, 0.3) is 0 Å². The van der Waals surface area contributed by atoms with Crippen LogP contribution in [0.1, 0.15) is 369 Å². The molecule has 0 aliphatic rings. The van der Waals surface area contributed by atoms with E-state index >= 15 is 0 Å². The Balaban J connectivity index is 5.21. The number of rotatable bonds is 71. The SMILES string of the molecule is CCCCCCCCCCCCCCCCCCC(=O)OC[C@H](COP(=O)(O)OC[C@@H](O)COP(=O)(O)OC[C@@H](COC(=O)CCCCCCCCCCC)OC(=O)CCCCCCCCC(C)C)OC(=O)CCCCCCCCCCCCCCCCC(C)C. The molecule has 0 saturated carbocycles. The summed E-state index contributed by atoms with van der Waals surface area (Å²) in [6, 6.07) is 0. The lowest BCUT2D eigenvalue weighted by Gasteiger charge is -2.21. The van der Waals surface area contributed by atoms with Crippen molar-refractivity contribution in [1.29, 1.82) is 0 Å². The number of carbonyl (C=O) groups excluding carboxylic acids is 4. The maximum Gasteiger partial charge on any atom is 0.472 e. The van der Waals surface area contributed by atoms with Gasteiger partial charge in [-0.3, -0.25) is 37.3 Å². The van der Waals surface area contributed by atoms with Gasteiger partial charge in [0.1, 0.15) is 19.3 Å². The smallest absolute Gasteiger partial charge is 0.462 e. The number of hydrogen-bond donors (Lipinski definition) is 3. The van der Waals surface area contributed by atoms with Crippen molar-refractivity contribution >= 4 is 39.5 Å². The zero-order chi connectivity index (χ0) is 67.2. The van der Waals surface area contributed by atoms with Crippen molar-refractivity contribution in [2.24, 2.45) is 11.8 Å². The number of phosphoric acid groups is 2. The molecule has 540 valence electrons. The standard InChI is InChI=1S/C72H140O17P2/c1-7-9-11-13-15-17-18-19-20-21-25-28-32-36-43-49-55-70(75)83-60-67(88-71(76)56-50-44-37-33-29-26-23-22-24-27-31-34-40-46-52-64(3)4)62-86-90(78,79)84-58-66(73)59-85-91(80,81)87-63-68(89-72(77)57-51-45-39-38-41-47-53-65(5)6)61-82-69(74)54-48-42-35-30-16-14-12-10-8-2/h64-68,73H,7-63H2,1-6H3,(H,78,79)(H,80,81)/t66-,67-,68-/m1/s1. The maximum absolute atomic E-state index is 13.0. The van der Waals surface area contributed by atoms with Crippen molar-refractivity contribution < 1.29 is 80.2 Å². The van der Waals surface area contributed by atoms with E-state index in [4.69, 9.17) is 37.0 Å². The molecule has 17 nitrogen and oxygen atoms in total. The van der Waals surface area contributed by atoms with Gasteiger partial charge in [0.05, 0.1) is 26.4 Å². The van der Waals surface area contributed by atoms with E-state index in [1.807, 2.05) is 0 Å². The first-order valence-corrected chi connectivity index (χ1v) is 40.5. The van der Waals surface area contributed by atoms with Gasteiger partial charge < -0.3 is 33.8 Å². The molecule has 0 bridgehead atoms. The molecule has 19 heteroatoms. The van der Waals surface area contributed by atoms with Gasteiger partial charge in [-0.2, -0.15) is 0 Å². The number of unbranched alkanes of at least 4 members (excludes halogenated alkanes) is 41. The molecule has 5 atom stereocenters. The lowest BCUT2D eigenvalue weighted by atomic mass is 10.0. The van der Waals surface area contributed by atoms with Gasteiger partial charge in [-0.1, -0.05) is 318 Å². The van der Waals surface area contributed by atoms with Crippen LogP contribution in [-0.4, -0.2) is 96.7 Å². The second-order valence-corrected chi connectivity index (χ2v) is 29.8. The number of aliphatic hydroxyl groups is 1. The van der Waals surface area contributed by atoms with Crippen LogP contribution >= 0.6 is 15.6 Å². The minimum Gasteiger partial charge on any atom is -0.462 e. The van der Waals surface area contributed by atoms with Crippen molar-refractivity contribution in [3.63, 3.8) is 0 Å². The molecule has 0 aliphatic heterocycles. The molecule has 0 heterocycles. The summed E-state index contributed by atoms with van der Waals surface area (Å²) < 4.78 is 68.3. The molecule has 0 fully saturated rings. The Hall–Kier alpha value is -1.94. The number of phosphoric ester groups is 2. The van der Waals surface area contributed by atoms with Gasteiger partial charge in [-0.25, -0.2) is 9.13 Å².